The minimum Gasteiger partial charge on any atom is -0.504 e. The van der Waals surface area contributed by atoms with Gasteiger partial charge in [-0.3, -0.25) is 0 Å². The molecular weight excluding hydrogens is 470 g/mol. The summed E-state index contributed by atoms with van der Waals surface area (Å²) in [6.45, 7) is 9.02. The summed E-state index contributed by atoms with van der Waals surface area (Å²) in [5.74, 6) is 1.77. The summed E-state index contributed by atoms with van der Waals surface area (Å²) in [5, 5.41) is 17.5. The predicted molar refractivity (Wildman–Crippen MR) is 140 cm³/mol. The molecule has 10 nitrogen and oxygen atoms in total. The van der Waals surface area contributed by atoms with Gasteiger partial charge in [0, 0.05) is 18.8 Å². The molecule has 1 aliphatic heterocycles. The predicted octanol–water partition coefficient (Wildman–Crippen LogP) is 4.04. The molecule has 186 valence electrons. The minimum absolute atomic E-state index is 0. The number of ether oxygens (including phenoxy) is 2. The van der Waals surface area contributed by atoms with Crippen molar-refractivity contribution < 1.29 is 14.6 Å². The van der Waals surface area contributed by atoms with E-state index in [1.807, 2.05) is 20.8 Å². The van der Waals surface area contributed by atoms with Gasteiger partial charge in [0.05, 0.1) is 26.0 Å². The maximum absolute atomic E-state index is 9.88. The fourth-order valence-electron chi connectivity index (χ4n) is 3.41. The number of morpholine rings is 1. The number of benzene rings is 2. The highest BCUT2D eigenvalue weighted by Crippen LogP contribution is 2.26. The molecule has 3 aromatic rings. The molecule has 0 aliphatic carbocycles. The lowest BCUT2D eigenvalue weighted by Crippen LogP contribution is -2.37. The second-order valence-electron chi connectivity index (χ2n) is 7.86. The van der Waals surface area contributed by atoms with E-state index in [4.69, 9.17) is 9.47 Å². The molecule has 0 amide bonds. The molecule has 35 heavy (non-hydrogen) atoms. The lowest BCUT2D eigenvalue weighted by atomic mass is 10.1. The number of halogens is 1. The van der Waals surface area contributed by atoms with Gasteiger partial charge < -0.3 is 24.8 Å². The van der Waals surface area contributed by atoms with Gasteiger partial charge >= 0.3 is 0 Å². The van der Waals surface area contributed by atoms with E-state index in [9.17, 15) is 5.11 Å². The maximum atomic E-state index is 9.88. The van der Waals surface area contributed by atoms with Crippen molar-refractivity contribution in [1.29, 1.82) is 0 Å². The van der Waals surface area contributed by atoms with Crippen molar-refractivity contribution in [1.82, 2.24) is 15.0 Å². The first-order valence-electron chi connectivity index (χ1n) is 11.2. The number of anilines is 4. The van der Waals surface area contributed by atoms with Crippen molar-refractivity contribution >= 4 is 42.2 Å². The van der Waals surface area contributed by atoms with Crippen LogP contribution in [0.25, 0.3) is 0 Å². The third kappa shape index (κ3) is 6.93. The van der Waals surface area contributed by atoms with E-state index >= 15 is 0 Å². The summed E-state index contributed by atoms with van der Waals surface area (Å²) < 4.78 is 10.9. The van der Waals surface area contributed by atoms with Crippen LogP contribution in [-0.2, 0) is 4.74 Å². The topological polar surface area (TPSA) is 117 Å². The third-order valence-corrected chi connectivity index (χ3v) is 5.22. The summed E-state index contributed by atoms with van der Waals surface area (Å²) in [6, 6.07) is 11.2. The van der Waals surface area contributed by atoms with Gasteiger partial charge in [-0.05, 0) is 61.7 Å². The van der Waals surface area contributed by atoms with Gasteiger partial charge in [-0.2, -0.15) is 20.1 Å². The number of hydrogen-bond donors (Lipinski definition) is 3. The normalized spacial score (nSPS) is 13.4. The standard InChI is InChI=1S/C24H29N7O3.ClH/c1-4-34-21-14-18(7-8-20(21)32)15-25-30-23-27-22(26-19-13-16(2)5-6-17(19)3)28-24(29-23)31-9-11-33-12-10-31;/h5-8,13-15,32H,4,9-12H2,1-3H3,(H2,26,27,28,29,30);1H. The third-order valence-electron chi connectivity index (χ3n) is 5.22. The monoisotopic (exact) mass is 499 g/mol. The van der Waals surface area contributed by atoms with E-state index in [1.165, 1.54) is 0 Å². The smallest absolute Gasteiger partial charge is 0.250 e. The van der Waals surface area contributed by atoms with Crippen LogP contribution in [0.2, 0.25) is 0 Å². The summed E-state index contributed by atoms with van der Waals surface area (Å²) in [4.78, 5) is 15.7. The molecule has 2 aromatic carbocycles. The minimum atomic E-state index is 0. The van der Waals surface area contributed by atoms with Crippen LogP contribution < -0.4 is 20.4 Å². The number of aromatic nitrogens is 3. The fourth-order valence-corrected chi connectivity index (χ4v) is 3.41. The molecule has 0 saturated carbocycles. The van der Waals surface area contributed by atoms with Crippen molar-refractivity contribution in [3.8, 4) is 11.5 Å². The SMILES string of the molecule is CCOc1cc(C=NNc2nc(Nc3cc(C)ccc3C)nc(N3CCOCC3)n2)ccc1O.Cl. The van der Waals surface area contributed by atoms with Gasteiger partial charge in [-0.1, -0.05) is 12.1 Å². The second-order valence-corrected chi connectivity index (χ2v) is 7.86. The number of hydrazone groups is 1. The Morgan fingerprint density at radius 2 is 1.86 bits per heavy atom. The second kappa shape index (κ2) is 12.2. The number of aryl methyl sites for hydroxylation is 2. The highest BCUT2D eigenvalue weighted by Gasteiger charge is 2.17. The van der Waals surface area contributed by atoms with Crippen LogP contribution in [0.3, 0.4) is 0 Å². The van der Waals surface area contributed by atoms with E-state index < -0.39 is 0 Å². The summed E-state index contributed by atoms with van der Waals surface area (Å²) in [7, 11) is 0. The van der Waals surface area contributed by atoms with E-state index in [1.54, 1.807) is 24.4 Å². The summed E-state index contributed by atoms with van der Waals surface area (Å²) in [6.07, 6.45) is 1.61. The molecule has 4 rings (SSSR count). The molecule has 0 spiro atoms. The summed E-state index contributed by atoms with van der Waals surface area (Å²) >= 11 is 0. The Balaban J connectivity index is 0.00000342. The Bertz CT molecular complexity index is 1170. The average molecular weight is 500 g/mol. The fraction of sp³-hybridized carbons (Fsp3) is 0.333. The summed E-state index contributed by atoms with van der Waals surface area (Å²) in [5.41, 5.74) is 6.81. The van der Waals surface area contributed by atoms with E-state index in [-0.39, 0.29) is 18.2 Å². The van der Waals surface area contributed by atoms with Gasteiger partial charge in [-0.25, -0.2) is 5.43 Å². The van der Waals surface area contributed by atoms with Crippen LogP contribution in [0.1, 0.15) is 23.6 Å². The van der Waals surface area contributed by atoms with Gasteiger partial charge in [-0.15, -0.1) is 12.4 Å². The van der Waals surface area contributed by atoms with Crippen molar-refractivity contribution in [2.45, 2.75) is 20.8 Å². The number of phenols is 1. The Labute approximate surface area is 210 Å². The molecule has 2 heterocycles. The van der Waals surface area contributed by atoms with Crippen molar-refractivity contribution in [2.24, 2.45) is 5.10 Å². The highest BCUT2D eigenvalue weighted by atomic mass is 35.5. The molecule has 1 aliphatic rings. The largest absolute Gasteiger partial charge is 0.504 e. The zero-order valence-electron chi connectivity index (χ0n) is 20.0. The van der Waals surface area contributed by atoms with Crippen LogP contribution in [0.15, 0.2) is 41.5 Å². The molecule has 0 unspecified atom stereocenters. The van der Waals surface area contributed by atoms with Crippen molar-refractivity contribution in [2.75, 3.05) is 48.6 Å². The molecule has 1 aromatic heterocycles. The molecule has 0 atom stereocenters. The zero-order chi connectivity index (χ0) is 23.9. The average Bonchev–Trinajstić information content (AvgIpc) is 2.84. The Hall–Kier alpha value is -3.63. The Kier molecular flexibility index (Phi) is 9.04. The first kappa shape index (κ1) is 26.0. The number of rotatable bonds is 8. The maximum Gasteiger partial charge on any atom is 0.250 e. The van der Waals surface area contributed by atoms with Crippen LogP contribution in [0, 0.1) is 13.8 Å². The first-order valence-corrected chi connectivity index (χ1v) is 11.2. The number of nitrogens with one attached hydrogen (secondary N) is 2. The van der Waals surface area contributed by atoms with Gasteiger partial charge in [0.25, 0.3) is 0 Å². The number of hydrogen-bond acceptors (Lipinski definition) is 10. The van der Waals surface area contributed by atoms with E-state index in [0.29, 0.717) is 56.5 Å². The molecule has 1 fully saturated rings. The van der Waals surface area contributed by atoms with Crippen LogP contribution >= 0.6 is 12.4 Å². The molecule has 0 radical (unpaired) electrons. The Morgan fingerprint density at radius 3 is 2.63 bits per heavy atom. The highest BCUT2D eigenvalue weighted by molar-refractivity contribution is 5.85. The lowest BCUT2D eigenvalue weighted by molar-refractivity contribution is 0.122. The van der Waals surface area contributed by atoms with Crippen LogP contribution in [0.5, 0.6) is 11.5 Å². The number of nitrogens with zero attached hydrogens (tertiary/aromatic N) is 5. The zero-order valence-corrected chi connectivity index (χ0v) is 20.8. The van der Waals surface area contributed by atoms with Crippen LogP contribution in [0.4, 0.5) is 23.5 Å². The molecule has 0 bridgehead atoms. The van der Waals surface area contributed by atoms with Crippen molar-refractivity contribution in [3.05, 3.63) is 53.1 Å². The molecular formula is C24H30ClN7O3. The van der Waals surface area contributed by atoms with Crippen molar-refractivity contribution in [3.63, 3.8) is 0 Å². The number of phenolic OH excluding ortho intramolecular Hbond substituents is 1. The quantitative estimate of drug-likeness (QED) is 0.311. The van der Waals surface area contributed by atoms with Gasteiger partial charge in [0.1, 0.15) is 0 Å². The first-order chi connectivity index (χ1) is 16.5. The number of aromatic hydroxyl groups is 1. The van der Waals surface area contributed by atoms with Gasteiger partial charge in [0.15, 0.2) is 11.5 Å². The Morgan fingerprint density at radius 1 is 1.09 bits per heavy atom. The van der Waals surface area contributed by atoms with E-state index in [0.717, 1.165) is 22.4 Å². The van der Waals surface area contributed by atoms with Gasteiger partial charge in [0.2, 0.25) is 17.8 Å². The lowest BCUT2D eigenvalue weighted by Gasteiger charge is -2.27. The molecule has 1 saturated heterocycles. The van der Waals surface area contributed by atoms with Crippen LogP contribution in [-0.4, -0.2) is 59.2 Å². The molecule has 11 heteroatoms. The van der Waals surface area contributed by atoms with E-state index in [2.05, 4.69) is 53.9 Å². The molecule has 3 N–H and O–H groups in total.